The van der Waals surface area contributed by atoms with Crippen molar-refractivity contribution in [2.45, 2.75) is 0 Å². The highest BCUT2D eigenvalue weighted by Crippen LogP contribution is 2.59. The average molecular weight is 757 g/mol. The van der Waals surface area contributed by atoms with Gasteiger partial charge in [-0.2, -0.15) is 0 Å². The van der Waals surface area contributed by atoms with E-state index in [1.807, 2.05) is 0 Å². The van der Waals surface area contributed by atoms with Crippen molar-refractivity contribution in [1.82, 2.24) is 0 Å². The molecule has 0 atom stereocenters. The molecule has 0 nitrogen and oxygen atoms in total. The third-order valence-corrected chi connectivity index (χ3v) is 13.2. The maximum Gasteiger partial charge on any atom is -0.000741 e. The van der Waals surface area contributed by atoms with E-state index in [9.17, 15) is 0 Å². The maximum atomic E-state index is 2.46. The van der Waals surface area contributed by atoms with Crippen molar-refractivity contribution in [1.29, 1.82) is 0 Å². The molecule has 0 unspecified atom stereocenters. The maximum absolute atomic E-state index is 2.46. The zero-order valence-electron chi connectivity index (χ0n) is 32.8. The zero-order valence-corrected chi connectivity index (χ0v) is 32.8. The number of benzene rings is 11. The molecule has 0 heteroatoms. The quantitative estimate of drug-likeness (QED) is 0.164. The van der Waals surface area contributed by atoms with Gasteiger partial charge in [0, 0.05) is 0 Å². The molecule has 11 aromatic carbocycles. The van der Waals surface area contributed by atoms with Crippen LogP contribution in [-0.4, -0.2) is 0 Å². The monoisotopic (exact) mass is 756 g/mol. The summed E-state index contributed by atoms with van der Waals surface area (Å²) < 4.78 is 0. The smallest absolute Gasteiger partial charge is 0.000741 e. The summed E-state index contributed by atoms with van der Waals surface area (Å²) in [7, 11) is 0. The van der Waals surface area contributed by atoms with E-state index in [4.69, 9.17) is 0 Å². The molecule has 0 amide bonds. The van der Waals surface area contributed by atoms with Crippen LogP contribution in [0.4, 0.5) is 0 Å². The van der Waals surface area contributed by atoms with Crippen LogP contribution >= 0.6 is 0 Å². The molecule has 0 bridgehead atoms. The van der Waals surface area contributed by atoms with Gasteiger partial charge in [-0.1, -0.05) is 212 Å². The van der Waals surface area contributed by atoms with Gasteiger partial charge >= 0.3 is 0 Å². The Balaban J connectivity index is 1.05. The summed E-state index contributed by atoms with van der Waals surface area (Å²) in [5.74, 6) is 0. The van der Waals surface area contributed by atoms with Gasteiger partial charge in [0.2, 0.25) is 0 Å². The topological polar surface area (TPSA) is 0 Å². The minimum Gasteiger partial charge on any atom is -0.0622 e. The fourth-order valence-electron chi connectivity index (χ4n) is 10.7. The third-order valence-electron chi connectivity index (χ3n) is 13.2. The molecule has 13 rings (SSSR count). The second kappa shape index (κ2) is 12.9. The van der Waals surface area contributed by atoms with Gasteiger partial charge in [0.1, 0.15) is 0 Å². The Kier molecular flexibility index (Phi) is 7.11. The van der Waals surface area contributed by atoms with Crippen molar-refractivity contribution >= 4 is 32.3 Å². The molecule has 0 N–H and O–H groups in total. The molecule has 2 aliphatic carbocycles. The minimum absolute atomic E-state index is 1.24. The second-order valence-electron chi connectivity index (χ2n) is 16.2. The Hall–Kier alpha value is -7.80. The summed E-state index contributed by atoms with van der Waals surface area (Å²) in [6.07, 6.45) is 0. The molecule has 0 radical (unpaired) electrons. The van der Waals surface area contributed by atoms with Crippen LogP contribution in [0.2, 0.25) is 0 Å². The Bertz CT molecular complexity index is 3410. The third kappa shape index (κ3) is 4.68. The van der Waals surface area contributed by atoms with E-state index in [1.54, 1.807) is 0 Å². The molecule has 11 aromatic rings. The number of hydrogen-bond acceptors (Lipinski definition) is 0. The lowest BCUT2D eigenvalue weighted by molar-refractivity contribution is 1.62. The van der Waals surface area contributed by atoms with E-state index >= 15 is 0 Å². The first-order valence-corrected chi connectivity index (χ1v) is 20.9. The van der Waals surface area contributed by atoms with Crippen molar-refractivity contribution in [3.63, 3.8) is 0 Å². The molecular weight excluding hydrogens is 721 g/mol. The first-order valence-electron chi connectivity index (χ1n) is 20.9. The zero-order chi connectivity index (χ0) is 39.3. The van der Waals surface area contributed by atoms with Gasteiger partial charge in [-0.25, -0.2) is 0 Å². The summed E-state index contributed by atoms with van der Waals surface area (Å²) in [4.78, 5) is 0. The highest BCUT2D eigenvalue weighted by molar-refractivity contribution is 6.29. The molecule has 0 saturated heterocycles. The number of rotatable bonds is 5. The van der Waals surface area contributed by atoms with Gasteiger partial charge in [-0.05, 0) is 139 Å². The van der Waals surface area contributed by atoms with E-state index in [0.717, 1.165) is 0 Å². The summed E-state index contributed by atoms with van der Waals surface area (Å²) >= 11 is 0. The molecule has 0 fully saturated rings. The first kappa shape index (κ1) is 33.2. The van der Waals surface area contributed by atoms with Crippen LogP contribution in [-0.2, 0) is 0 Å². The molecule has 2 aliphatic rings. The van der Waals surface area contributed by atoms with Crippen molar-refractivity contribution < 1.29 is 0 Å². The van der Waals surface area contributed by atoms with Crippen LogP contribution in [0.15, 0.2) is 218 Å². The fourth-order valence-corrected chi connectivity index (χ4v) is 10.7. The predicted molar refractivity (Wildman–Crippen MR) is 255 cm³/mol. The normalized spacial score (nSPS) is 12.0. The van der Waals surface area contributed by atoms with Crippen LogP contribution in [0.25, 0.3) is 132 Å². The fraction of sp³-hybridized carbons (Fsp3) is 0. The predicted octanol–water partition coefficient (Wildman–Crippen LogP) is 16.8. The molecule has 0 spiro atoms. The standard InChI is InChI=1S/C60H36/c1-5-16-37(17-6-1)43-31-33-49-45-29-28-41(36-53(45)50-34-32-44(57(43)58(49)50)38-18-7-2-8-19-38)42-30-35-52-56-46(42)26-15-27-51(56)59-54(39-20-9-3-10-21-39)47-24-13-14-25-48(47)55(60(52)59)40-22-11-4-12-23-40/h1-36H. The molecule has 0 heterocycles. The van der Waals surface area contributed by atoms with Crippen molar-refractivity contribution in [2.24, 2.45) is 0 Å². The second-order valence-corrected chi connectivity index (χ2v) is 16.2. The van der Waals surface area contributed by atoms with Gasteiger partial charge < -0.3 is 0 Å². The van der Waals surface area contributed by atoms with Gasteiger partial charge in [0.15, 0.2) is 0 Å². The van der Waals surface area contributed by atoms with E-state index in [1.165, 1.54) is 132 Å². The Morgan fingerprint density at radius 2 is 0.567 bits per heavy atom. The van der Waals surface area contributed by atoms with E-state index in [2.05, 4.69) is 218 Å². The molecule has 0 aromatic heterocycles. The molecular formula is C60H36. The lowest BCUT2D eigenvalue weighted by Gasteiger charge is -2.20. The Morgan fingerprint density at radius 3 is 1.13 bits per heavy atom. The Morgan fingerprint density at radius 1 is 0.167 bits per heavy atom. The van der Waals surface area contributed by atoms with Gasteiger partial charge in [0.05, 0.1) is 0 Å². The molecule has 0 aliphatic heterocycles. The lowest BCUT2D eigenvalue weighted by Crippen LogP contribution is -1.93. The largest absolute Gasteiger partial charge is 0.0622 e. The van der Waals surface area contributed by atoms with E-state index < -0.39 is 0 Å². The highest BCUT2D eigenvalue weighted by Gasteiger charge is 2.32. The summed E-state index contributed by atoms with van der Waals surface area (Å²) in [6.45, 7) is 0. The van der Waals surface area contributed by atoms with Crippen LogP contribution in [0, 0.1) is 0 Å². The SMILES string of the molecule is c1ccc(-c2c3c(c(-c4ccccc4)c4ccccc24)-c2ccc(-c4ccc5c(c4)-c4ccc(-c6ccccc6)c6c(-c7ccccc7)ccc-5c46)c4cccc-3c24)cc1. The van der Waals surface area contributed by atoms with Gasteiger partial charge in [-0.15, -0.1) is 0 Å². The highest BCUT2D eigenvalue weighted by atomic mass is 14.3. The lowest BCUT2D eigenvalue weighted by atomic mass is 9.82. The van der Waals surface area contributed by atoms with E-state index in [0.29, 0.717) is 0 Å². The van der Waals surface area contributed by atoms with Crippen molar-refractivity contribution in [3.05, 3.63) is 218 Å². The average Bonchev–Trinajstić information content (AvgIpc) is 3.83. The summed E-state index contributed by atoms with van der Waals surface area (Å²) in [6, 6.07) is 81.1. The van der Waals surface area contributed by atoms with Gasteiger partial charge in [0.25, 0.3) is 0 Å². The van der Waals surface area contributed by atoms with Crippen LogP contribution in [0.5, 0.6) is 0 Å². The van der Waals surface area contributed by atoms with Crippen LogP contribution in [0.1, 0.15) is 0 Å². The summed E-state index contributed by atoms with van der Waals surface area (Å²) in [5, 5.41) is 7.85. The van der Waals surface area contributed by atoms with Crippen molar-refractivity contribution in [3.8, 4) is 100 Å². The van der Waals surface area contributed by atoms with Crippen LogP contribution < -0.4 is 0 Å². The minimum atomic E-state index is 1.24. The van der Waals surface area contributed by atoms with E-state index in [-0.39, 0.29) is 0 Å². The molecule has 0 saturated carbocycles. The Labute approximate surface area is 349 Å². The molecule has 276 valence electrons. The summed E-state index contributed by atoms with van der Waals surface area (Å²) in [5.41, 5.74) is 23.1. The first-order chi connectivity index (χ1) is 29.8. The van der Waals surface area contributed by atoms with Crippen LogP contribution in [0.3, 0.4) is 0 Å². The molecule has 60 heavy (non-hydrogen) atoms. The number of hydrogen-bond donors (Lipinski definition) is 0. The van der Waals surface area contributed by atoms with Gasteiger partial charge in [-0.3, -0.25) is 0 Å². The van der Waals surface area contributed by atoms with Crippen molar-refractivity contribution in [2.75, 3.05) is 0 Å². The number of fused-ring (bicyclic) bond motifs is 7.